The maximum Gasteiger partial charge on any atom is 0.219 e. The second-order valence-electron chi connectivity index (χ2n) is 8.24. The summed E-state index contributed by atoms with van der Waals surface area (Å²) < 4.78 is 72.6. The molecule has 2 nitrogen and oxygen atoms in total. The van der Waals surface area contributed by atoms with Crippen LogP contribution in [0.15, 0.2) is 66.7 Å². The maximum atomic E-state index is 14.7. The molecule has 0 N–H and O–H groups in total. The van der Waals surface area contributed by atoms with Crippen LogP contribution < -0.4 is 9.47 Å². The summed E-state index contributed by atoms with van der Waals surface area (Å²) in [6.07, 6.45) is 3.54. The highest BCUT2D eigenvalue weighted by molar-refractivity contribution is 5.74. The highest BCUT2D eigenvalue weighted by atomic mass is 19.2. The summed E-state index contributed by atoms with van der Waals surface area (Å²) in [6.45, 7) is 0. The van der Waals surface area contributed by atoms with E-state index in [0.717, 1.165) is 16.8 Å². The predicted octanol–water partition coefficient (Wildman–Crippen LogP) is 6.78. The number of aromatic nitrogens is 1. The fourth-order valence-corrected chi connectivity index (χ4v) is 3.77. The molecule has 0 saturated carbocycles. The molecule has 0 aliphatic heterocycles. The molecule has 0 amide bonds. The van der Waals surface area contributed by atoms with Gasteiger partial charge in [0.15, 0.2) is 23.3 Å². The number of halogens is 5. The molecule has 4 aromatic rings. The van der Waals surface area contributed by atoms with Crippen LogP contribution in [0.5, 0.6) is 0 Å². The molecule has 0 aliphatic rings. The molecular formula is C28H22F5N2+. The van der Waals surface area contributed by atoms with Crippen molar-refractivity contribution < 1.29 is 26.5 Å². The fraction of sp³-hybridized carbons (Fsp3) is 0.107. The Balaban J connectivity index is 1.91. The van der Waals surface area contributed by atoms with Gasteiger partial charge in [-0.3, -0.25) is 0 Å². The van der Waals surface area contributed by atoms with Crippen molar-refractivity contribution in [3.05, 3.63) is 107 Å². The summed E-state index contributed by atoms with van der Waals surface area (Å²) >= 11 is 0. The molecule has 178 valence electrons. The minimum atomic E-state index is -2.19. The molecule has 0 bridgehead atoms. The third-order valence-electron chi connectivity index (χ3n) is 5.77. The van der Waals surface area contributed by atoms with Crippen LogP contribution in [0.4, 0.5) is 27.6 Å². The van der Waals surface area contributed by atoms with Crippen molar-refractivity contribution in [3.8, 4) is 22.4 Å². The van der Waals surface area contributed by atoms with Crippen LogP contribution >= 0.6 is 0 Å². The molecular weight excluding hydrogens is 459 g/mol. The zero-order valence-electron chi connectivity index (χ0n) is 19.3. The first-order valence-electron chi connectivity index (χ1n) is 10.8. The number of benzene rings is 3. The van der Waals surface area contributed by atoms with Gasteiger partial charge in [-0.2, -0.15) is 4.57 Å². The molecule has 1 aromatic heterocycles. The fourth-order valence-electron chi connectivity index (χ4n) is 3.77. The van der Waals surface area contributed by atoms with E-state index >= 15 is 0 Å². The monoisotopic (exact) mass is 481 g/mol. The normalized spacial score (nSPS) is 11.3. The predicted molar refractivity (Wildman–Crippen MR) is 128 cm³/mol. The molecule has 35 heavy (non-hydrogen) atoms. The second-order valence-corrected chi connectivity index (χ2v) is 8.24. The minimum absolute atomic E-state index is 0.151. The molecule has 0 spiro atoms. The van der Waals surface area contributed by atoms with E-state index in [2.05, 4.69) is 0 Å². The van der Waals surface area contributed by atoms with Crippen LogP contribution in [0.1, 0.15) is 11.3 Å². The van der Waals surface area contributed by atoms with Crippen LogP contribution in [-0.2, 0) is 7.05 Å². The zero-order valence-corrected chi connectivity index (χ0v) is 19.3. The van der Waals surface area contributed by atoms with Crippen LogP contribution in [-0.4, -0.2) is 14.1 Å². The van der Waals surface area contributed by atoms with Crippen molar-refractivity contribution in [1.82, 2.24) is 0 Å². The second kappa shape index (κ2) is 9.70. The number of pyridine rings is 1. The van der Waals surface area contributed by atoms with Gasteiger partial charge in [0.05, 0.1) is 0 Å². The van der Waals surface area contributed by atoms with Gasteiger partial charge >= 0.3 is 0 Å². The molecule has 0 fully saturated rings. The van der Waals surface area contributed by atoms with Gasteiger partial charge in [-0.1, -0.05) is 42.5 Å². The summed E-state index contributed by atoms with van der Waals surface area (Å²) in [6, 6.07) is 19.9. The Kier molecular flexibility index (Phi) is 6.69. The maximum absolute atomic E-state index is 14.7. The van der Waals surface area contributed by atoms with Gasteiger partial charge in [-0.25, -0.2) is 22.0 Å². The smallest absolute Gasteiger partial charge is 0.219 e. The summed E-state index contributed by atoms with van der Waals surface area (Å²) in [4.78, 5) is 1.97. The average molecular weight is 481 g/mol. The summed E-state index contributed by atoms with van der Waals surface area (Å²) in [5.41, 5.74) is 2.55. The number of hydrogen-bond acceptors (Lipinski definition) is 1. The molecule has 0 radical (unpaired) electrons. The van der Waals surface area contributed by atoms with E-state index in [9.17, 15) is 22.0 Å². The Labute approximate surface area is 200 Å². The van der Waals surface area contributed by atoms with Crippen molar-refractivity contribution in [1.29, 1.82) is 0 Å². The van der Waals surface area contributed by atoms with Crippen molar-refractivity contribution in [3.63, 3.8) is 0 Å². The quantitative estimate of drug-likeness (QED) is 0.132. The van der Waals surface area contributed by atoms with Gasteiger partial charge < -0.3 is 4.90 Å². The molecule has 7 heteroatoms. The summed E-state index contributed by atoms with van der Waals surface area (Å²) in [7, 11) is 5.37. The van der Waals surface area contributed by atoms with E-state index in [1.807, 2.05) is 55.4 Å². The Morgan fingerprint density at radius 1 is 0.657 bits per heavy atom. The third kappa shape index (κ3) is 4.67. The van der Waals surface area contributed by atoms with Crippen LogP contribution in [0.25, 0.3) is 34.5 Å². The molecule has 4 rings (SSSR count). The number of nitrogens with zero attached hydrogens (tertiary/aromatic N) is 2. The van der Waals surface area contributed by atoms with Gasteiger partial charge in [0.1, 0.15) is 12.6 Å². The zero-order chi connectivity index (χ0) is 25.3. The van der Waals surface area contributed by atoms with Crippen LogP contribution in [0, 0.1) is 29.1 Å². The lowest BCUT2D eigenvalue weighted by atomic mass is 10.00. The third-order valence-corrected chi connectivity index (χ3v) is 5.77. The first-order chi connectivity index (χ1) is 16.7. The van der Waals surface area contributed by atoms with Gasteiger partial charge in [-0.15, -0.1) is 0 Å². The number of rotatable bonds is 5. The Morgan fingerprint density at radius 3 is 1.80 bits per heavy atom. The number of hydrogen-bond donors (Lipinski definition) is 0. The molecule has 0 atom stereocenters. The highest BCUT2D eigenvalue weighted by Crippen LogP contribution is 2.32. The van der Waals surface area contributed by atoms with Crippen molar-refractivity contribution in [2.24, 2.45) is 7.05 Å². The van der Waals surface area contributed by atoms with Crippen LogP contribution in [0.2, 0.25) is 0 Å². The first kappa shape index (κ1) is 24.1. The SMILES string of the molecule is CN(C)c1ccc(C=Cc2cc(-c3ccccc3)cc(-c3c(F)c(F)c(F)c(F)c3F)[n+]2C)cc1. The van der Waals surface area contributed by atoms with E-state index in [1.54, 1.807) is 36.4 Å². The largest absolute Gasteiger partial charge is 0.378 e. The summed E-state index contributed by atoms with van der Waals surface area (Å²) in [5.74, 6) is -9.91. The van der Waals surface area contributed by atoms with E-state index in [1.165, 1.54) is 17.7 Å². The molecule has 3 aromatic carbocycles. The minimum Gasteiger partial charge on any atom is -0.378 e. The first-order valence-corrected chi connectivity index (χ1v) is 10.8. The lowest BCUT2D eigenvalue weighted by Gasteiger charge is -2.12. The van der Waals surface area contributed by atoms with Crippen molar-refractivity contribution >= 4 is 17.8 Å². The molecule has 1 heterocycles. The van der Waals surface area contributed by atoms with E-state index in [-0.39, 0.29) is 5.69 Å². The van der Waals surface area contributed by atoms with Crippen LogP contribution in [0.3, 0.4) is 0 Å². The van der Waals surface area contributed by atoms with Gasteiger partial charge in [0.25, 0.3) is 0 Å². The molecule has 0 aliphatic carbocycles. The number of anilines is 1. The van der Waals surface area contributed by atoms with Gasteiger partial charge in [-0.05, 0) is 34.9 Å². The Bertz CT molecular complexity index is 1380. The van der Waals surface area contributed by atoms with E-state index < -0.39 is 34.6 Å². The topological polar surface area (TPSA) is 7.12 Å². The molecule has 0 saturated heterocycles. The highest BCUT2D eigenvalue weighted by Gasteiger charge is 2.31. The van der Waals surface area contributed by atoms with Gasteiger partial charge in [0, 0.05) is 38.0 Å². The van der Waals surface area contributed by atoms with Gasteiger partial charge in [0.2, 0.25) is 17.2 Å². The molecule has 0 unspecified atom stereocenters. The Hall–Kier alpha value is -4.00. The lowest BCUT2D eigenvalue weighted by Crippen LogP contribution is -2.35. The standard InChI is InChI=1S/C28H22F5N2/c1-34(2)20-12-9-17(10-13-20)11-14-21-15-19(18-7-5-4-6-8-18)16-22(35(21)3)23-24(29)26(31)28(33)27(32)25(23)30/h4-16H,1-3H3/q+1. The lowest BCUT2D eigenvalue weighted by molar-refractivity contribution is -0.662. The average Bonchev–Trinajstić information content (AvgIpc) is 2.87. The Morgan fingerprint density at radius 2 is 1.23 bits per heavy atom. The van der Waals surface area contributed by atoms with E-state index in [4.69, 9.17) is 0 Å². The van der Waals surface area contributed by atoms with Crippen molar-refractivity contribution in [2.75, 3.05) is 19.0 Å². The van der Waals surface area contributed by atoms with E-state index in [0.29, 0.717) is 11.3 Å². The van der Waals surface area contributed by atoms with Crippen molar-refractivity contribution in [2.45, 2.75) is 0 Å². The summed E-state index contributed by atoms with van der Waals surface area (Å²) in [5, 5.41) is 0.